The van der Waals surface area contributed by atoms with Crippen molar-refractivity contribution in [1.82, 2.24) is 5.32 Å². The summed E-state index contributed by atoms with van der Waals surface area (Å²) in [5.74, 6) is -0.791. The van der Waals surface area contributed by atoms with Crippen LogP contribution in [0.5, 0.6) is 11.5 Å². The summed E-state index contributed by atoms with van der Waals surface area (Å²) in [5, 5.41) is 13.5. The van der Waals surface area contributed by atoms with Gasteiger partial charge < -0.3 is 19.9 Å². The molecule has 0 radical (unpaired) electrons. The topological polar surface area (TPSA) is 84.9 Å². The van der Waals surface area contributed by atoms with Crippen LogP contribution in [0.15, 0.2) is 40.7 Å². The van der Waals surface area contributed by atoms with Gasteiger partial charge in [-0.3, -0.25) is 4.79 Å². The van der Waals surface area contributed by atoms with Gasteiger partial charge in [-0.15, -0.1) is 0 Å². The van der Waals surface area contributed by atoms with Crippen molar-refractivity contribution in [2.45, 2.75) is 39.5 Å². The zero-order valence-corrected chi connectivity index (χ0v) is 16.3. The number of esters is 1. The zero-order chi connectivity index (χ0) is 19.9. The van der Waals surface area contributed by atoms with E-state index < -0.39 is 11.9 Å². The zero-order valence-electron chi connectivity index (χ0n) is 16.3. The summed E-state index contributed by atoms with van der Waals surface area (Å²) in [5.41, 5.74) is 2.94. The van der Waals surface area contributed by atoms with Crippen LogP contribution in [-0.4, -0.2) is 31.1 Å². The molecule has 0 spiro atoms. The third-order valence-electron chi connectivity index (χ3n) is 5.18. The molecule has 2 aliphatic rings. The van der Waals surface area contributed by atoms with E-state index in [1.165, 1.54) is 14.2 Å². The van der Waals surface area contributed by atoms with E-state index in [9.17, 15) is 14.7 Å². The molecule has 6 nitrogen and oxygen atoms in total. The Balaban J connectivity index is 2.21. The normalized spacial score (nSPS) is 21.5. The van der Waals surface area contributed by atoms with Crippen molar-refractivity contribution in [2.24, 2.45) is 5.41 Å². The van der Waals surface area contributed by atoms with Gasteiger partial charge in [0.15, 0.2) is 17.3 Å². The number of Topliss-reactive ketones (excluding diaryl/α,β-unsaturated/α-hetero) is 1. The SMILES string of the molecule is COC(=O)C1=C(C)NC2=C(C(=O)CC(C)(C)C2)[C@@H]1c1ccc(OC)c(O)c1. The van der Waals surface area contributed by atoms with Crippen LogP contribution in [0.25, 0.3) is 0 Å². The monoisotopic (exact) mass is 371 g/mol. The number of allylic oxidation sites excluding steroid dienone is 3. The van der Waals surface area contributed by atoms with Crippen molar-refractivity contribution in [1.29, 1.82) is 0 Å². The summed E-state index contributed by atoms with van der Waals surface area (Å²) in [6, 6.07) is 4.94. The van der Waals surface area contributed by atoms with Crippen LogP contribution in [0.2, 0.25) is 0 Å². The molecule has 1 aliphatic heterocycles. The van der Waals surface area contributed by atoms with Gasteiger partial charge in [0.25, 0.3) is 0 Å². The standard InChI is InChI=1S/C21H25NO5/c1-11-17(20(25)27-5)18(12-6-7-16(26-4)14(23)8-12)19-13(22-11)9-21(2,3)10-15(19)24/h6-8,18,22-23H,9-10H2,1-5H3/t18-/m1/s1. The molecule has 1 aromatic rings. The Morgan fingerprint density at radius 3 is 2.56 bits per heavy atom. The number of rotatable bonds is 3. The summed E-state index contributed by atoms with van der Waals surface area (Å²) in [4.78, 5) is 25.6. The molecule has 0 aromatic heterocycles. The fraction of sp³-hybridized carbons (Fsp3) is 0.429. The summed E-state index contributed by atoms with van der Waals surface area (Å²) in [6.45, 7) is 5.91. The van der Waals surface area contributed by atoms with E-state index in [1.54, 1.807) is 25.1 Å². The minimum Gasteiger partial charge on any atom is -0.504 e. The predicted octanol–water partition coefficient (Wildman–Crippen LogP) is 3.18. The molecule has 1 heterocycles. The molecule has 0 saturated heterocycles. The first kappa shape index (κ1) is 19.0. The fourth-order valence-electron chi connectivity index (χ4n) is 4.04. The number of aromatic hydroxyl groups is 1. The second-order valence-corrected chi connectivity index (χ2v) is 7.85. The molecule has 3 rings (SSSR count). The number of ketones is 1. The molecule has 0 unspecified atom stereocenters. The van der Waals surface area contributed by atoms with E-state index in [-0.39, 0.29) is 16.9 Å². The number of nitrogens with one attached hydrogen (secondary N) is 1. The van der Waals surface area contributed by atoms with E-state index in [0.29, 0.717) is 41.0 Å². The lowest BCUT2D eigenvalue weighted by molar-refractivity contribution is -0.136. The molecule has 27 heavy (non-hydrogen) atoms. The Morgan fingerprint density at radius 1 is 1.26 bits per heavy atom. The van der Waals surface area contributed by atoms with Gasteiger partial charge in [0.2, 0.25) is 0 Å². The van der Waals surface area contributed by atoms with Crippen molar-refractivity contribution in [3.8, 4) is 11.5 Å². The average Bonchev–Trinajstić information content (AvgIpc) is 2.58. The quantitative estimate of drug-likeness (QED) is 0.794. The number of hydrogen-bond donors (Lipinski definition) is 2. The average molecular weight is 371 g/mol. The van der Waals surface area contributed by atoms with Crippen molar-refractivity contribution in [3.05, 3.63) is 46.3 Å². The number of phenolic OH excluding ortho intramolecular Hbond substituents is 1. The van der Waals surface area contributed by atoms with E-state index in [2.05, 4.69) is 19.2 Å². The van der Waals surface area contributed by atoms with Crippen LogP contribution in [-0.2, 0) is 14.3 Å². The lowest BCUT2D eigenvalue weighted by Gasteiger charge is -2.39. The molecular weight excluding hydrogens is 346 g/mol. The Bertz CT molecular complexity index is 879. The largest absolute Gasteiger partial charge is 0.504 e. The maximum Gasteiger partial charge on any atom is 0.336 e. The number of dihydropyridines is 1. The van der Waals surface area contributed by atoms with Crippen LogP contribution in [0.4, 0.5) is 0 Å². The molecule has 1 aromatic carbocycles. The number of carbonyl (C=O) groups is 2. The van der Waals surface area contributed by atoms with Crippen LogP contribution in [0.1, 0.15) is 45.1 Å². The number of hydrogen-bond acceptors (Lipinski definition) is 6. The molecule has 6 heteroatoms. The molecule has 0 saturated carbocycles. The maximum atomic E-state index is 13.0. The first-order valence-corrected chi connectivity index (χ1v) is 8.87. The number of ether oxygens (including phenoxy) is 2. The number of methoxy groups -OCH3 is 2. The van der Waals surface area contributed by atoms with Crippen molar-refractivity contribution < 1.29 is 24.2 Å². The molecule has 0 bridgehead atoms. The maximum absolute atomic E-state index is 13.0. The highest BCUT2D eigenvalue weighted by molar-refractivity contribution is 6.04. The van der Waals surface area contributed by atoms with E-state index in [1.807, 2.05) is 0 Å². The predicted molar refractivity (Wildman–Crippen MR) is 100 cm³/mol. The lowest BCUT2D eigenvalue weighted by Crippen LogP contribution is -2.38. The van der Waals surface area contributed by atoms with Gasteiger partial charge in [-0.2, -0.15) is 0 Å². The summed E-state index contributed by atoms with van der Waals surface area (Å²) in [7, 11) is 2.79. The number of phenols is 1. The van der Waals surface area contributed by atoms with Gasteiger partial charge in [0, 0.05) is 29.3 Å². The van der Waals surface area contributed by atoms with Crippen LogP contribution in [0, 0.1) is 5.41 Å². The summed E-state index contributed by atoms with van der Waals surface area (Å²) < 4.78 is 10.1. The summed E-state index contributed by atoms with van der Waals surface area (Å²) >= 11 is 0. The Kier molecular flexibility index (Phi) is 4.76. The number of benzene rings is 1. The highest BCUT2D eigenvalue weighted by Gasteiger charge is 2.43. The second kappa shape index (κ2) is 6.76. The van der Waals surface area contributed by atoms with Crippen LogP contribution in [0.3, 0.4) is 0 Å². The molecule has 1 atom stereocenters. The first-order chi connectivity index (χ1) is 12.7. The number of carbonyl (C=O) groups excluding carboxylic acids is 2. The van der Waals surface area contributed by atoms with Gasteiger partial charge in [-0.1, -0.05) is 19.9 Å². The van der Waals surface area contributed by atoms with E-state index >= 15 is 0 Å². The Hall–Kier alpha value is -2.76. The van der Waals surface area contributed by atoms with E-state index in [4.69, 9.17) is 9.47 Å². The smallest absolute Gasteiger partial charge is 0.336 e. The van der Waals surface area contributed by atoms with Crippen LogP contribution >= 0.6 is 0 Å². The van der Waals surface area contributed by atoms with Crippen molar-refractivity contribution in [2.75, 3.05) is 14.2 Å². The third-order valence-corrected chi connectivity index (χ3v) is 5.18. The van der Waals surface area contributed by atoms with Gasteiger partial charge in [-0.05, 0) is 36.5 Å². The molecule has 0 fully saturated rings. The Morgan fingerprint density at radius 2 is 1.96 bits per heavy atom. The minimum absolute atomic E-state index is 0.00274. The first-order valence-electron chi connectivity index (χ1n) is 8.87. The molecule has 144 valence electrons. The van der Waals surface area contributed by atoms with Gasteiger partial charge in [-0.25, -0.2) is 4.79 Å². The van der Waals surface area contributed by atoms with Gasteiger partial charge in [0.1, 0.15) is 0 Å². The second-order valence-electron chi connectivity index (χ2n) is 7.85. The third kappa shape index (κ3) is 3.31. The fourth-order valence-corrected chi connectivity index (χ4v) is 4.04. The highest BCUT2D eigenvalue weighted by Crippen LogP contribution is 2.47. The molecule has 2 N–H and O–H groups in total. The lowest BCUT2D eigenvalue weighted by atomic mass is 9.68. The molecule has 0 amide bonds. The highest BCUT2D eigenvalue weighted by atomic mass is 16.5. The van der Waals surface area contributed by atoms with Gasteiger partial charge in [0.05, 0.1) is 19.8 Å². The van der Waals surface area contributed by atoms with Crippen LogP contribution < -0.4 is 10.1 Å². The molecular formula is C21H25NO5. The van der Waals surface area contributed by atoms with Crippen molar-refractivity contribution in [3.63, 3.8) is 0 Å². The minimum atomic E-state index is -0.589. The summed E-state index contributed by atoms with van der Waals surface area (Å²) in [6.07, 6.45) is 1.11. The Labute approximate surface area is 158 Å². The molecule has 1 aliphatic carbocycles. The van der Waals surface area contributed by atoms with Gasteiger partial charge >= 0.3 is 5.97 Å². The van der Waals surface area contributed by atoms with Crippen molar-refractivity contribution >= 4 is 11.8 Å². The van der Waals surface area contributed by atoms with E-state index in [0.717, 1.165) is 5.70 Å².